The Morgan fingerprint density at radius 1 is 1.33 bits per heavy atom. The number of hydrogen-bond acceptors (Lipinski definition) is 2. The minimum Gasteiger partial charge on any atom is -0.342 e. The summed E-state index contributed by atoms with van der Waals surface area (Å²) in [6, 6.07) is 10.9. The van der Waals surface area contributed by atoms with Gasteiger partial charge in [0, 0.05) is 19.1 Å². The fraction of sp³-hybridized carbons (Fsp3) is 0.611. The van der Waals surface area contributed by atoms with Crippen molar-refractivity contribution in [3.8, 4) is 0 Å². The molecular weight excluding hydrogens is 260 g/mol. The zero-order valence-electron chi connectivity index (χ0n) is 13.1. The molecule has 0 spiro atoms. The molecule has 1 heterocycles. The van der Waals surface area contributed by atoms with Crippen LogP contribution in [0.3, 0.4) is 0 Å². The molecule has 1 aliphatic carbocycles. The third kappa shape index (κ3) is 2.59. The second-order valence-corrected chi connectivity index (χ2v) is 6.55. The Hall–Kier alpha value is -1.35. The van der Waals surface area contributed by atoms with Gasteiger partial charge in [0.25, 0.3) is 0 Å². The van der Waals surface area contributed by atoms with Crippen LogP contribution in [-0.4, -0.2) is 37.0 Å². The number of amides is 1. The van der Waals surface area contributed by atoms with Gasteiger partial charge in [0.05, 0.1) is 5.41 Å². The van der Waals surface area contributed by atoms with Crippen LogP contribution in [0.15, 0.2) is 30.3 Å². The molecule has 3 nitrogen and oxygen atoms in total. The number of piperidine rings is 1. The van der Waals surface area contributed by atoms with E-state index in [-0.39, 0.29) is 5.41 Å². The average molecular weight is 286 g/mol. The highest BCUT2D eigenvalue weighted by Gasteiger charge is 2.53. The number of carbonyl (C=O) groups is 1. The van der Waals surface area contributed by atoms with E-state index >= 15 is 0 Å². The Morgan fingerprint density at radius 3 is 2.62 bits per heavy atom. The zero-order chi connectivity index (χ0) is 14.9. The third-order valence-corrected chi connectivity index (χ3v) is 5.40. The van der Waals surface area contributed by atoms with E-state index in [1.807, 2.05) is 25.2 Å². The minimum absolute atomic E-state index is 0.202. The van der Waals surface area contributed by atoms with Crippen molar-refractivity contribution < 1.29 is 4.79 Å². The molecule has 1 saturated carbocycles. The maximum Gasteiger partial charge on any atom is 0.233 e. The lowest BCUT2D eigenvalue weighted by Crippen LogP contribution is -2.52. The Kier molecular flexibility index (Phi) is 4.03. The summed E-state index contributed by atoms with van der Waals surface area (Å²) < 4.78 is 0. The van der Waals surface area contributed by atoms with Crippen LogP contribution in [0.4, 0.5) is 0 Å². The van der Waals surface area contributed by atoms with E-state index in [4.69, 9.17) is 0 Å². The lowest BCUT2D eigenvalue weighted by Gasteiger charge is -2.39. The van der Waals surface area contributed by atoms with Crippen molar-refractivity contribution >= 4 is 5.91 Å². The SMILES string of the molecule is CCC1CN(C(=O)C2(c3ccccc3)CC2)CCC1NC. The van der Waals surface area contributed by atoms with E-state index in [0.717, 1.165) is 38.8 Å². The van der Waals surface area contributed by atoms with E-state index in [1.165, 1.54) is 5.56 Å². The van der Waals surface area contributed by atoms with Crippen LogP contribution >= 0.6 is 0 Å². The van der Waals surface area contributed by atoms with Crippen molar-refractivity contribution in [2.24, 2.45) is 5.92 Å². The van der Waals surface area contributed by atoms with Crippen LogP contribution in [0.5, 0.6) is 0 Å². The molecule has 2 aliphatic rings. The molecule has 21 heavy (non-hydrogen) atoms. The summed E-state index contributed by atoms with van der Waals surface area (Å²) in [5.74, 6) is 0.945. The minimum atomic E-state index is -0.202. The van der Waals surface area contributed by atoms with Crippen LogP contribution in [0, 0.1) is 5.92 Å². The van der Waals surface area contributed by atoms with Gasteiger partial charge >= 0.3 is 0 Å². The first-order chi connectivity index (χ1) is 10.2. The number of nitrogens with one attached hydrogen (secondary N) is 1. The van der Waals surface area contributed by atoms with E-state index in [0.29, 0.717) is 17.9 Å². The summed E-state index contributed by atoms with van der Waals surface area (Å²) in [4.78, 5) is 15.2. The number of nitrogens with zero attached hydrogens (tertiary/aromatic N) is 1. The summed E-state index contributed by atoms with van der Waals surface area (Å²) >= 11 is 0. The molecule has 2 fully saturated rings. The predicted molar refractivity (Wildman–Crippen MR) is 85.2 cm³/mol. The summed E-state index contributed by atoms with van der Waals surface area (Å²) in [6.07, 6.45) is 4.23. The summed E-state index contributed by atoms with van der Waals surface area (Å²) in [6.45, 7) is 4.04. The van der Waals surface area contributed by atoms with Gasteiger partial charge in [-0.2, -0.15) is 0 Å². The molecule has 114 valence electrons. The Balaban J connectivity index is 1.74. The molecule has 3 rings (SSSR count). The standard InChI is InChI=1S/C18H26N2O/c1-3-14-13-20(12-9-16(14)19-2)17(21)18(10-11-18)15-7-5-4-6-8-15/h4-8,14,16,19H,3,9-13H2,1-2H3. The molecule has 0 aromatic heterocycles. The van der Waals surface area contributed by atoms with Gasteiger partial charge in [-0.3, -0.25) is 4.79 Å². The summed E-state index contributed by atoms with van der Waals surface area (Å²) in [5, 5.41) is 3.41. The first-order valence-corrected chi connectivity index (χ1v) is 8.23. The number of hydrogen-bond donors (Lipinski definition) is 1. The van der Waals surface area contributed by atoms with Gasteiger partial charge in [-0.1, -0.05) is 43.7 Å². The molecule has 1 amide bonds. The molecule has 0 bridgehead atoms. The predicted octanol–water partition coefficient (Wildman–Crippen LogP) is 2.56. The van der Waals surface area contributed by atoms with Crippen molar-refractivity contribution in [1.29, 1.82) is 0 Å². The normalized spacial score (nSPS) is 27.4. The smallest absolute Gasteiger partial charge is 0.233 e. The molecule has 2 atom stereocenters. The van der Waals surface area contributed by atoms with Crippen molar-refractivity contribution in [2.75, 3.05) is 20.1 Å². The van der Waals surface area contributed by atoms with E-state index in [2.05, 4.69) is 29.3 Å². The molecule has 0 radical (unpaired) electrons. The molecule has 1 N–H and O–H groups in total. The van der Waals surface area contributed by atoms with Gasteiger partial charge in [-0.15, -0.1) is 0 Å². The van der Waals surface area contributed by atoms with Crippen molar-refractivity contribution in [3.63, 3.8) is 0 Å². The van der Waals surface area contributed by atoms with Gasteiger partial charge in [0.15, 0.2) is 0 Å². The van der Waals surface area contributed by atoms with E-state index < -0.39 is 0 Å². The fourth-order valence-corrected chi connectivity index (χ4v) is 3.82. The Morgan fingerprint density at radius 2 is 2.05 bits per heavy atom. The Bertz CT molecular complexity index is 495. The number of carbonyl (C=O) groups excluding carboxylic acids is 1. The summed E-state index contributed by atoms with van der Waals surface area (Å²) in [7, 11) is 2.04. The monoisotopic (exact) mass is 286 g/mol. The van der Waals surface area contributed by atoms with Crippen LogP contribution in [0.2, 0.25) is 0 Å². The molecule has 2 unspecified atom stereocenters. The molecular formula is C18H26N2O. The molecule has 3 heteroatoms. The fourth-order valence-electron chi connectivity index (χ4n) is 3.82. The third-order valence-electron chi connectivity index (χ3n) is 5.40. The first-order valence-electron chi connectivity index (χ1n) is 8.23. The molecule has 1 aromatic rings. The first kappa shape index (κ1) is 14.6. The highest BCUT2D eigenvalue weighted by Crippen LogP contribution is 2.50. The lowest BCUT2D eigenvalue weighted by molar-refractivity contribution is -0.136. The zero-order valence-corrected chi connectivity index (χ0v) is 13.1. The Labute approximate surface area is 127 Å². The maximum atomic E-state index is 13.0. The molecule has 1 saturated heterocycles. The van der Waals surface area contributed by atoms with E-state index in [1.54, 1.807) is 0 Å². The van der Waals surface area contributed by atoms with Crippen LogP contribution < -0.4 is 5.32 Å². The van der Waals surface area contributed by atoms with Gasteiger partial charge in [-0.25, -0.2) is 0 Å². The van der Waals surface area contributed by atoms with Gasteiger partial charge in [0.2, 0.25) is 5.91 Å². The van der Waals surface area contributed by atoms with Crippen LogP contribution in [-0.2, 0) is 10.2 Å². The van der Waals surface area contributed by atoms with Gasteiger partial charge in [0.1, 0.15) is 0 Å². The van der Waals surface area contributed by atoms with Crippen molar-refractivity contribution in [3.05, 3.63) is 35.9 Å². The summed E-state index contributed by atoms with van der Waals surface area (Å²) in [5.41, 5.74) is 1.00. The largest absolute Gasteiger partial charge is 0.342 e. The maximum absolute atomic E-state index is 13.0. The van der Waals surface area contributed by atoms with Crippen molar-refractivity contribution in [1.82, 2.24) is 10.2 Å². The number of rotatable bonds is 4. The average Bonchev–Trinajstić information content (AvgIpc) is 3.36. The lowest BCUT2D eigenvalue weighted by atomic mass is 9.87. The van der Waals surface area contributed by atoms with Crippen LogP contribution in [0.1, 0.15) is 38.2 Å². The second-order valence-electron chi connectivity index (χ2n) is 6.55. The van der Waals surface area contributed by atoms with Crippen molar-refractivity contribution in [2.45, 2.75) is 44.1 Å². The quantitative estimate of drug-likeness (QED) is 0.922. The number of benzene rings is 1. The number of likely N-dealkylation sites (tertiary alicyclic amines) is 1. The van der Waals surface area contributed by atoms with Gasteiger partial charge < -0.3 is 10.2 Å². The molecule has 1 aromatic carbocycles. The topological polar surface area (TPSA) is 32.3 Å². The molecule has 1 aliphatic heterocycles. The highest BCUT2D eigenvalue weighted by molar-refractivity contribution is 5.91. The van der Waals surface area contributed by atoms with Gasteiger partial charge in [-0.05, 0) is 37.8 Å². The second kappa shape index (κ2) is 5.80. The van der Waals surface area contributed by atoms with Crippen LogP contribution in [0.25, 0.3) is 0 Å². The van der Waals surface area contributed by atoms with E-state index in [9.17, 15) is 4.79 Å². The highest BCUT2D eigenvalue weighted by atomic mass is 16.2.